The lowest BCUT2D eigenvalue weighted by molar-refractivity contribution is -0.709. The first-order chi connectivity index (χ1) is 12.6. The minimum atomic E-state index is -0.163. The molecule has 5 nitrogen and oxygen atoms in total. The Morgan fingerprint density at radius 2 is 1.69 bits per heavy atom. The van der Waals surface area contributed by atoms with Gasteiger partial charge in [0.2, 0.25) is 0 Å². The third kappa shape index (κ3) is 4.84. The molecule has 1 aliphatic heterocycles. The van der Waals surface area contributed by atoms with Gasteiger partial charge in [-0.15, -0.1) is 0 Å². The standard InChI is InChI=1S/C21H27N3O2/c1-16(18-6-4-3-5-7-18)22-17(2)21(25)23-19-8-10-20(11-9-19)24-12-14-26-15-13-24/h3-11,16-17,22H,12-15H2,1-2H3,(H,23,25)/p+1/t16-,17+/m1/s1. The third-order valence-corrected chi connectivity index (χ3v) is 4.83. The summed E-state index contributed by atoms with van der Waals surface area (Å²) in [4.78, 5) is 14.8. The molecule has 1 saturated heterocycles. The Hall–Kier alpha value is -2.37. The number of ether oxygens (including phenoxy) is 1. The number of rotatable bonds is 6. The van der Waals surface area contributed by atoms with Crippen LogP contribution in [0.25, 0.3) is 0 Å². The van der Waals surface area contributed by atoms with Gasteiger partial charge in [0.05, 0.1) is 13.2 Å². The second-order valence-corrected chi connectivity index (χ2v) is 6.82. The van der Waals surface area contributed by atoms with Gasteiger partial charge in [-0.1, -0.05) is 30.3 Å². The summed E-state index contributed by atoms with van der Waals surface area (Å²) in [7, 11) is 0. The lowest BCUT2D eigenvalue weighted by Crippen LogP contribution is -2.91. The largest absolute Gasteiger partial charge is 0.378 e. The molecule has 2 aromatic rings. The summed E-state index contributed by atoms with van der Waals surface area (Å²) < 4.78 is 5.39. The maximum Gasteiger partial charge on any atom is 0.282 e. The van der Waals surface area contributed by atoms with Crippen molar-refractivity contribution in [1.82, 2.24) is 0 Å². The fourth-order valence-electron chi connectivity index (χ4n) is 3.22. The van der Waals surface area contributed by atoms with E-state index in [1.54, 1.807) is 0 Å². The monoisotopic (exact) mass is 354 g/mol. The molecule has 1 heterocycles. The second-order valence-electron chi connectivity index (χ2n) is 6.82. The molecule has 0 bridgehead atoms. The Morgan fingerprint density at radius 1 is 1.04 bits per heavy atom. The fourth-order valence-corrected chi connectivity index (χ4v) is 3.22. The quantitative estimate of drug-likeness (QED) is 0.836. The molecular weight excluding hydrogens is 326 g/mol. The van der Waals surface area contributed by atoms with E-state index in [4.69, 9.17) is 4.74 Å². The van der Waals surface area contributed by atoms with E-state index in [0.717, 1.165) is 32.0 Å². The van der Waals surface area contributed by atoms with Gasteiger partial charge < -0.3 is 20.3 Å². The SMILES string of the molecule is C[C@H]([NH2+][C@H](C)c1ccccc1)C(=O)Nc1ccc(N2CCOCC2)cc1. The van der Waals surface area contributed by atoms with Gasteiger partial charge in [-0.25, -0.2) is 0 Å². The number of benzene rings is 2. The van der Waals surface area contributed by atoms with E-state index in [0.29, 0.717) is 0 Å². The van der Waals surface area contributed by atoms with Gasteiger partial charge in [0.25, 0.3) is 5.91 Å². The van der Waals surface area contributed by atoms with E-state index in [2.05, 4.69) is 46.7 Å². The number of quaternary nitrogens is 1. The zero-order chi connectivity index (χ0) is 18.4. The van der Waals surface area contributed by atoms with Crippen LogP contribution in [0.4, 0.5) is 11.4 Å². The van der Waals surface area contributed by atoms with Crippen LogP contribution >= 0.6 is 0 Å². The van der Waals surface area contributed by atoms with Crippen molar-refractivity contribution < 1.29 is 14.8 Å². The van der Waals surface area contributed by atoms with E-state index in [1.807, 2.05) is 37.3 Å². The average molecular weight is 354 g/mol. The molecule has 0 aromatic heterocycles. The van der Waals surface area contributed by atoms with E-state index in [9.17, 15) is 4.79 Å². The third-order valence-electron chi connectivity index (χ3n) is 4.83. The maximum atomic E-state index is 12.5. The lowest BCUT2D eigenvalue weighted by atomic mass is 10.1. The predicted molar refractivity (Wildman–Crippen MR) is 104 cm³/mol. The number of carbonyl (C=O) groups is 1. The molecule has 2 atom stereocenters. The summed E-state index contributed by atoms with van der Waals surface area (Å²) in [5.41, 5.74) is 3.23. The minimum Gasteiger partial charge on any atom is -0.378 e. The summed E-state index contributed by atoms with van der Waals surface area (Å²) in [6.07, 6.45) is 0. The van der Waals surface area contributed by atoms with Gasteiger partial charge in [-0.05, 0) is 38.1 Å². The zero-order valence-electron chi connectivity index (χ0n) is 15.5. The summed E-state index contributed by atoms with van der Waals surface area (Å²) in [6, 6.07) is 18.4. The van der Waals surface area contributed by atoms with Crippen LogP contribution in [0.15, 0.2) is 54.6 Å². The van der Waals surface area contributed by atoms with E-state index in [1.165, 1.54) is 11.3 Å². The van der Waals surface area contributed by atoms with Crippen molar-refractivity contribution in [1.29, 1.82) is 0 Å². The number of morpholine rings is 1. The van der Waals surface area contributed by atoms with Crippen molar-refractivity contribution in [3.05, 3.63) is 60.2 Å². The number of hydrogen-bond acceptors (Lipinski definition) is 3. The molecule has 2 aromatic carbocycles. The van der Waals surface area contributed by atoms with Crippen LogP contribution in [0.3, 0.4) is 0 Å². The molecule has 0 saturated carbocycles. The number of nitrogens with two attached hydrogens (primary N) is 1. The molecule has 1 fully saturated rings. The van der Waals surface area contributed by atoms with Crippen LogP contribution in [-0.4, -0.2) is 38.3 Å². The Bertz CT molecular complexity index is 697. The highest BCUT2D eigenvalue weighted by Crippen LogP contribution is 2.19. The minimum absolute atomic E-state index is 0.0203. The van der Waals surface area contributed by atoms with Crippen molar-refractivity contribution >= 4 is 17.3 Å². The van der Waals surface area contributed by atoms with Crippen molar-refractivity contribution in [2.75, 3.05) is 36.5 Å². The smallest absolute Gasteiger partial charge is 0.282 e. The molecular formula is C21H28N3O2+. The highest BCUT2D eigenvalue weighted by molar-refractivity contribution is 5.93. The Labute approximate surface area is 155 Å². The van der Waals surface area contributed by atoms with Crippen LogP contribution < -0.4 is 15.5 Å². The molecule has 1 aliphatic rings. The molecule has 138 valence electrons. The number of amides is 1. The van der Waals surface area contributed by atoms with Crippen LogP contribution in [-0.2, 0) is 9.53 Å². The van der Waals surface area contributed by atoms with Gasteiger partial charge in [-0.2, -0.15) is 0 Å². The number of hydrogen-bond donors (Lipinski definition) is 2. The van der Waals surface area contributed by atoms with Gasteiger partial charge in [0, 0.05) is 30.0 Å². The molecule has 5 heteroatoms. The number of carbonyl (C=O) groups excluding carboxylic acids is 1. The summed E-state index contributed by atoms with van der Waals surface area (Å²) in [6.45, 7) is 7.42. The Kier molecular flexibility index (Phi) is 6.26. The van der Waals surface area contributed by atoms with Crippen molar-refractivity contribution in [2.24, 2.45) is 0 Å². The average Bonchev–Trinajstić information content (AvgIpc) is 2.70. The highest BCUT2D eigenvalue weighted by atomic mass is 16.5. The van der Waals surface area contributed by atoms with Crippen molar-refractivity contribution in [3.63, 3.8) is 0 Å². The molecule has 1 amide bonds. The van der Waals surface area contributed by atoms with Crippen LogP contribution in [0.2, 0.25) is 0 Å². The van der Waals surface area contributed by atoms with Gasteiger partial charge in [0.1, 0.15) is 6.04 Å². The lowest BCUT2D eigenvalue weighted by Gasteiger charge is -2.28. The van der Waals surface area contributed by atoms with E-state index in [-0.39, 0.29) is 18.0 Å². The zero-order valence-corrected chi connectivity index (χ0v) is 15.5. The molecule has 0 radical (unpaired) electrons. The van der Waals surface area contributed by atoms with Gasteiger partial charge in [-0.3, -0.25) is 4.79 Å². The van der Waals surface area contributed by atoms with Crippen molar-refractivity contribution in [3.8, 4) is 0 Å². The maximum absolute atomic E-state index is 12.5. The molecule has 0 aliphatic carbocycles. The van der Waals surface area contributed by atoms with E-state index < -0.39 is 0 Å². The second kappa shape index (κ2) is 8.83. The molecule has 3 N–H and O–H groups in total. The Morgan fingerprint density at radius 3 is 2.35 bits per heavy atom. The van der Waals surface area contributed by atoms with Crippen LogP contribution in [0.1, 0.15) is 25.5 Å². The fraction of sp³-hybridized carbons (Fsp3) is 0.381. The number of anilines is 2. The van der Waals surface area contributed by atoms with Gasteiger partial charge >= 0.3 is 0 Å². The summed E-state index contributed by atoms with van der Waals surface area (Å²) in [5, 5.41) is 5.11. The van der Waals surface area contributed by atoms with E-state index >= 15 is 0 Å². The molecule has 26 heavy (non-hydrogen) atoms. The normalized spacial score (nSPS) is 16.8. The van der Waals surface area contributed by atoms with Crippen molar-refractivity contribution in [2.45, 2.75) is 25.9 Å². The highest BCUT2D eigenvalue weighted by Gasteiger charge is 2.20. The molecule has 0 spiro atoms. The Balaban J connectivity index is 1.53. The number of nitrogens with zero attached hydrogens (tertiary/aromatic N) is 1. The molecule has 0 unspecified atom stereocenters. The first-order valence-electron chi connectivity index (χ1n) is 9.27. The first kappa shape index (κ1) is 18.4. The summed E-state index contributed by atoms with van der Waals surface area (Å²) in [5.74, 6) is 0.0203. The summed E-state index contributed by atoms with van der Waals surface area (Å²) >= 11 is 0. The molecule has 3 rings (SSSR count). The first-order valence-corrected chi connectivity index (χ1v) is 9.27. The topological polar surface area (TPSA) is 58.2 Å². The van der Waals surface area contributed by atoms with Crippen LogP contribution in [0, 0.1) is 0 Å². The van der Waals surface area contributed by atoms with Crippen LogP contribution in [0.5, 0.6) is 0 Å². The van der Waals surface area contributed by atoms with Gasteiger partial charge in [0.15, 0.2) is 6.04 Å². The predicted octanol–water partition coefficient (Wildman–Crippen LogP) is 2.17. The number of nitrogens with one attached hydrogen (secondary N) is 1.